The Labute approximate surface area is 133 Å². The van der Waals surface area contributed by atoms with Gasteiger partial charge in [0.15, 0.2) is 0 Å². The van der Waals surface area contributed by atoms with Crippen LogP contribution in [0.1, 0.15) is 13.3 Å². The lowest BCUT2D eigenvalue weighted by molar-refractivity contribution is -0.146. The van der Waals surface area contributed by atoms with Crippen molar-refractivity contribution < 1.29 is 14.7 Å². The van der Waals surface area contributed by atoms with Crippen molar-refractivity contribution in [1.29, 1.82) is 0 Å². The van der Waals surface area contributed by atoms with Crippen molar-refractivity contribution in [3.05, 3.63) is 27.1 Å². The Morgan fingerprint density at radius 3 is 2.70 bits per heavy atom. The van der Waals surface area contributed by atoms with Crippen molar-refractivity contribution in [3.8, 4) is 0 Å². The number of halogens is 2. The molecule has 1 aliphatic rings. The number of aliphatic carboxylic acids is 1. The van der Waals surface area contributed by atoms with Crippen molar-refractivity contribution in [2.45, 2.75) is 13.3 Å². The quantitative estimate of drug-likeness (QED) is 0.790. The third kappa shape index (κ3) is 3.15. The molecule has 108 valence electrons. The van der Waals surface area contributed by atoms with Crippen molar-refractivity contribution in [1.82, 2.24) is 4.90 Å². The molecular weight excluding hydrogens is 392 g/mol. The van der Waals surface area contributed by atoms with Crippen LogP contribution in [0.15, 0.2) is 27.1 Å². The summed E-state index contributed by atoms with van der Waals surface area (Å²) in [6.45, 7) is 2.33. The van der Waals surface area contributed by atoms with E-state index in [1.54, 1.807) is 13.0 Å². The first-order chi connectivity index (χ1) is 9.32. The maximum atomic E-state index is 12.2. The number of hydrogen-bond donors (Lipinski definition) is 2. The lowest BCUT2D eigenvalue weighted by Crippen LogP contribution is -2.37. The molecule has 0 radical (unpaired) electrons. The normalized spacial score (nSPS) is 21.9. The van der Waals surface area contributed by atoms with Gasteiger partial charge in [-0.05, 0) is 47.5 Å². The highest BCUT2D eigenvalue weighted by Gasteiger charge is 2.42. The number of hydrogen-bond acceptors (Lipinski definition) is 2. The number of carbonyl (C=O) groups is 2. The first-order valence-corrected chi connectivity index (χ1v) is 7.65. The van der Waals surface area contributed by atoms with Crippen LogP contribution >= 0.6 is 31.9 Å². The van der Waals surface area contributed by atoms with Crippen LogP contribution in [-0.4, -0.2) is 35.1 Å². The number of carbonyl (C=O) groups excluding carboxylic acids is 1. The molecule has 1 unspecified atom stereocenters. The molecule has 2 rings (SSSR count). The van der Waals surface area contributed by atoms with E-state index in [9.17, 15) is 14.7 Å². The molecule has 5 nitrogen and oxygen atoms in total. The maximum absolute atomic E-state index is 12.2. The zero-order valence-corrected chi connectivity index (χ0v) is 14.0. The molecule has 1 heterocycles. The van der Waals surface area contributed by atoms with E-state index in [0.29, 0.717) is 18.7 Å². The number of rotatable bonds is 2. The van der Waals surface area contributed by atoms with Crippen LogP contribution in [-0.2, 0) is 4.79 Å². The Bertz CT molecular complexity index is 565. The summed E-state index contributed by atoms with van der Waals surface area (Å²) in [5.41, 5.74) is -0.209. The molecule has 1 aromatic carbocycles. The third-order valence-corrected chi connectivity index (χ3v) is 4.63. The first kappa shape index (κ1) is 15.3. The standard InChI is InChI=1S/C13H14Br2N2O3/c1-13(11(18)19)4-5-17(7-13)12(20)16-10-6-8(14)2-3-9(10)15/h2-3,6H,4-5,7H2,1H3,(H,16,20)(H,18,19). The highest BCUT2D eigenvalue weighted by atomic mass is 79.9. The second-order valence-corrected chi connectivity index (χ2v) is 6.86. The van der Waals surface area contributed by atoms with Gasteiger partial charge in [-0.2, -0.15) is 0 Å². The second-order valence-electron chi connectivity index (χ2n) is 5.09. The van der Waals surface area contributed by atoms with E-state index in [0.717, 1.165) is 8.95 Å². The fraction of sp³-hybridized carbons (Fsp3) is 0.385. The zero-order valence-electron chi connectivity index (χ0n) is 10.8. The average Bonchev–Trinajstić information content (AvgIpc) is 2.78. The monoisotopic (exact) mass is 404 g/mol. The summed E-state index contributed by atoms with van der Waals surface area (Å²) < 4.78 is 1.63. The second kappa shape index (κ2) is 5.73. The van der Waals surface area contributed by atoms with E-state index < -0.39 is 11.4 Å². The maximum Gasteiger partial charge on any atom is 0.321 e. The zero-order chi connectivity index (χ0) is 14.9. The fourth-order valence-electron chi connectivity index (χ4n) is 2.10. The van der Waals surface area contributed by atoms with E-state index in [1.165, 1.54) is 4.90 Å². The van der Waals surface area contributed by atoms with Crippen molar-refractivity contribution in [3.63, 3.8) is 0 Å². The number of nitrogens with zero attached hydrogens (tertiary/aromatic N) is 1. The molecule has 2 N–H and O–H groups in total. The summed E-state index contributed by atoms with van der Waals surface area (Å²) in [4.78, 5) is 24.9. The molecular formula is C13H14Br2N2O3. The van der Waals surface area contributed by atoms with Crippen LogP contribution in [0.3, 0.4) is 0 Å². The Hall–Kier alpha value is -1.08. The van der Waals surface area contributed by atoms with Crippen LogP contribution in [0, 0.1) is 5.41 Å². The van der Waals surface area contributed by atoms with Crippen molar-refractivity contribution >= 4 is 49.5 Å². The van der Waals surface area contributed by atoms with Crippen LogP contribution in [0.25, 0.3) is 0 Å². The van der Waals surface area contributed by atoms with Crippen molar-refractivity contribution in [2.75, 3.05) is 18.4 Å². The number of amides is 2. The van der Waals surface area contributed by atoms with Gasteiger partial charge in [-0.3, -0.25) is 4.79 Å². The average molecular weight is 406 g/mol. The van der Waals surface area contributed by atoms with Gasteiger partial charge in [0.05, 0.1) is 11.1 Å². The van der Waals surface area contributed by atoms with Gasteiger partial charge in [0, 0.05) is 22.0 Å². The summed E-state index contributed by atoms with van der Waals surface area (Å²) in [6.07, 6.45) is 0.468. The van der Waals surface area contributed by atoms with Gasteiger partial charge in [0.1, 0.15) is 0 Å². The van der Waals surface area contributed by atoms with E-state index >= 15 is 0 Å². The summed E-state index contributed by atoms with van der Waals surface area (Å²) in [5.74, 6) is -0.864. The summed E-state index contributed by atoms with van der Waals surface area (Å²) in [5, 5.41) is 12.0. The Balaban J connectivity index is 2.07. The molecule has 0 aliphatic carbocycles. The number of carboxylic acids is 1. The molecule has 7 heteroatoms. The SMILES string of the molecule is CC1(C(=O)O)CCN(C(=O)Nc2cc(Br)ccc2Br)C1. The van der Waals surface area contributed by atoms with Crippen LogP contribution in [0.5, 0.6) is 0 Å². The summed E-state index contributed by atoms with van der Waals surface area (Å²) in [7, 11) is 0. The van der Waals surface area contributed by atoms with Crippen LogP contribution in [0.2, 0.25) is 0 Å². The first-order valence-electron chi connectivity index (χ1n) is 6.06. The largest absolute Gasteiger partial charge is 0.481 e. The molecule has 0 aromatic heterocycles. The predicted octanol–water partition coefficient (Wildman–Crippen LogP) is 3.54. The Morgan fingerprint density at radius 1 is 1.40 bits per heavy atom. The minimum atomic E-state index is -0.864. The number of benzene rings is 1. The molecule has 2 amide bonds. The third-order valence-electron chi connectivity index (χ3n) is 3.45. The van der Waals surface area contributed by atoms with Gasteiger partial charge in [-0.15, -0.1) is 0 Å². The number of likely N-dealkylation sites (tertiary alicyclic amines) is 1. The lowest BCUT2D eigenvalue weighted by Gasteiger charge is -2.21. The van der Waals surface area contributed by atoms with Gasteiger partial charge >= 0.3 is 12.0 Å². The van der Waals surface area contributed by atoms with Gasteiger partial charge in [0.2, 0.25) is 0 Å². The molecule has 0 bridgehead atoms. The van der Waals surface area contributed by atoms with Gasteiger partial charge in [-0.1, -0.05) is 15.9 Å². The topological polar surface area (TPSA) is 69.6 Å². The van der Waals surface area contributed by atoms with Crippen molar-refractivity contribution in [2.24, 2.45) is 5.41 Å². The van der Waals surface area contributed by atoms with E-state index in [2.05, 4.69) is 37.2 Å². The number of nitrogens with one attached hydrogen (secondary N) is 1. The minimum absolute atomic E-state index is 0.222. The van der Waals surface area contributed by atoms with E-state index in [1.807, 2.05) is 12.1 Å². The Kier molecular flexibility index (Phi) is 4.39. The molecule has 0 saturated carbocycles. The minimum Gasteiger partial charge on any atom is -0.481 e. The summed E-state index contributed by atoms with van der Waals surface area (Å²) >= 11 is 6.71. The molecule has 1 fully saturated rings. The van der Waals surface area contributed by atoms with E-state index in [4.69, 9.17) is 0 Å². The number of carboxylic acid groups (broad SMARTS) is 1. The van der Waals surface area contributed by atoms with Gasteiger partial charge in [0.25, 0.3) is 0 Å². The smallest absolute Gasteiger partial charge is 0.321 e. The highest BCUT2D eigenvalue weighted by molar-refractivity contribution is 9.11. The molecule has 1 atom stereocenters. The Morgan fingerprint density at radius 2 is 2.10 bits per heavy atom. The van der Waals surface area contributed by atoms with Crippen LogP contribution in [0.4, 0.5) is 10.5 Å². The van der Waals surface area contributed by atoms with Gasteiger partial charge in [-0.25, -0.2) is 4.79 Å². The molecule has 0 spiro atoms. The number of anilines is 1. The molecule has 20 heavy (non-hydrogen) atoms. The molecule has 1 saturated heterocycles. The van der Waals surface area contributed by atoms with E-state index in [-0.39, 0.29) is 12.6 Å². The summed E-state index contributed by atoms with van der Waals surface area (Å²) in [6, 6.07) is 5.19. The van der Waals surface area contributed by atoms with Gasteiger partial charge < -0.3 is 15.3 Å². The highest BCUT2D eigenvalue weighted by Crippen LogP contribution is 2.31. The lowest BCUT2D eigenvalue weighted by atomic mass is 9.90. The molecule has 1 aliphatic heterocycles. The number of urea groups is 1. The van der Waals surface area contributed by atoms with Crippen LogP contribution < -0.4 is 5.32 Å². The predicted molar refractivity (Wildman–Crippen MR) is 82.8 cm³/mol. The molecule has 1 aromatic rings. The fourth-order valence-corrected chi connectivity index (χ4v) is 2.80.